The molecule has 0 saturated heterocycles. The second kappa shape index (κ2) is 6.79. The molecular formula is C15H13NO8S. The SMILES string of the molecule is O=C(O)Cc1ccc(NC(=O)c2cc(O)c(S(=O)(=O)O)cc2O)cc1. The van der Waals surface area contributed by atoms with Crippen molar-refractivity contribution in [3.05, 3.63) is 47.5 Å². The molecule has 9 nitrogen and oxygen atoms in total. The van der Waals surface area contributed by atoms with Crippen LogP contribution in [0.3, 0.4) is 0 Å². The molecule has 2 rings (SSSR count). The van der Waals surface area contributed by atoms with Gasteiger partial charge in [0.15, 0.2) is 0 Å². The Morgan fingerprint density at radius 3 is 2.12 bits per heavy atom. The van der Waals surface area contributed by atoms with E-state index in [9.17, 15) is 28.2 Å². The summed E-state index contributed by atoms with van der Waals surface area (Å²) in [6.45, 7) is 0. The van der Waals surface area contributed by atoms with E-state index in [1.54, 1.807) is 0 Å². The molecule has 0 atom stereocenters. The lowest BCUT2D eigenvalue weighted by Gasteiger charge is -2.09. The predicted octanol–water partition coefficient (Wildman–Crippen LogP) is 1.22. The topological polar surface area (TPSA) is 161 Å². The Balaban J connectivity index is 2.24. The molecule has 0 heterocycles. The van der Waals surface area contributed by atoms with Gasteiger partial charge in [-0.3, -0.25) is 14.1 Å². The zero-order chi connectivity index (χ0) is 18.8. The maximum Gasteiger partial charge on any atom is 0.307 e. The predicted molar refractivity (Wildman–Crippen MR) is 85.3 cm³/mol. The molecule has 132 valence electrons. The minimum atomic E-state index is -4.76. The maximum absolute atomic E-state index is 12.1. The standard InChI is InChI=1S/C15H13NO8S/c17-11-7-13(25(22,23)24)12(18)6-10(11)15(21)16-9-3-1-8(2-4-9)5-14(19)20/h1-4,6-7,17-18H,5H2,(H,16,21)(H,19,20)(H,22,23,24). The number of hydrogen-bond acceptors (Lipinski definition) is 6. The molecule has 2 aromatic carbocycles. The number of aromatic hydroxyl groups is 2. The Morgan fingerprint density at radius 2 is 1.60 bits per heavy atom. The van der Waals surface area contributed by atoms with Gasteiger partial charge in [-0.2, -0.15) is 8.42 Å². The van der Waals surface area contributed by atoms with Crippen LogP contribution in [0.15, 0.2) is 41.3 Å². The summed E-state index contributed by atoms with van der Waals surface area (Å²) < 4.78 is 31.0. The number of hydrogen-bond donors (Lipinski definition) is 5. The highest BCUT2D eigenvalue weighted by Crippen LogP contribution is 2.31. The lowest BCUT2D eigenvalue weighted by atomic mass is 10.1. The van der Waals surface area contributed by atoms with Gasteiger partial charge >= 0.3 is 5.97 Å². The third-order valence-electron chi connectivity index (χ3n) is 3.17. The van der Waals surface area contributed by atoms with Gasteiger partial charge in [0.2, 0.25) is 0 Å². The third kappa shape index (κ3) is 4.46. The Kier molecular flexibility index (Phi) is 4.95. The number of carbonyl (C=O) groups excluding carboxylic acids is 1. The summed E-state index contributed by atoms with van der Waals surface area (Å²) in [5, 5.41) is 30.4. The van der Waals surface area contributed by atoms with Crippen LogP contribution < -0.4 is 5.32 Å². The van der Waals surface area contributed by atoms with Gasteiger partial charge < -0.3 is 20.6 Å². The highest BCUT2D eigenvalue weighted by Gasteiger charge is 2.21. The molecule has 0 saturated carbocycles. The minimum absolute atomic E-state index is 0.181. The first-order valence-corrected chi connectivity index (χ1v) is 8.17. The monoisotopic (exact) mass is 367 g/mol. The number of carboxylic acids is 1. The molecular weight excluding hydrogens is 354 g/mol. The van der Waals surface area contributed by atoms with E-state index in [0.717, 1.165) is 0 Å². The van der Waals surface area contributed by atoms with Gasteiger partial charge in [-0.1, -0.05) is 12.1 Å². The molecule has 0 aliphatic rings. The number of benzene rings is 2. The van der Waals surface area contributed by atoms with E-state index < -0.39 is 44.0 Å². The lowest BCUT2D eigenvalue weighted by molar-refractivity contribution is -0.136. The zero-order valence-corrected chi connectivity index (χ0v) is 13.3. The Hall–Kier alpha value is -3.11. The van der Waals surface area contributed by atoms with Crippen LogP contribution in [-0.2, 0) is 21.3 Å². The van der Waals surface area contributed by atoms with Crippen LogP contribution in [0, 0.1) is 0 Å². The number of nitrogens with one attached hydrogen (secondary N) is 1. The molecule has 0 aliphatic carbocycles. The fraction of sp³-hybridized carbons (Fsp3) is 0.0667. The van der Waals surface area contributed by atoms with Crippen molar-refractivity contribution in [2.24, 2.45) is 0 Å². The van der Waals surface area contributed by atoms with Crippen molar-refractivity contribution >= 4 is 27.7 Å². The van der Waals surface area contributed by atoms with Crippen LogP contribution >= 0.6 is 0 Å². The number of anilines is 1. The molecule has 0 spiro atoms. The number of phenols is 2. The van der Waals surface area contributed by atoms with Crippen LogP contribution in [0.4, 0.5) is 5.69 Å². The van der Waals surface area contributed by atoms with E-state index in [2.05, 4.69) is 5.32 Å². The molecule has 25 heavy (non-hydrogen) atoms. The first kappa shape index (κ1) is 18.2. The summed E-state index contributed by atoms with van der Waals surface area (Å²) in [6.07, 6.45) is -0.181. The first-order valence-electron chi connectivity index (χ1n) is 6.73. The normalized spacial score (nSPS) is 11.1. The van der Waals surface area contributed by atoms with Crippen molar-refractivity contribution in [2.75, 3.05) is 5.32 Å². The van der Waals surface area contributed by atoms with Gasteiger partial charge in [-0.05, 0) is 23.8 Å². The van der Waals surface area contributed by atoms with Gasteiger partial charge in [0.05, 0.1) is 12.0 Å². The number of phenolic OH excluding ortho intramolecular Hbond substituents is 2. The molecule has 0 aromatic heterocycles. The van der Waals surface area contributed by atoms with E-state index >= 15 is 0 Å². The molecule has 2 aromatic rings. The van der Waals surface area contributed by atoms with E-state index in [-0.39, 0.29) is 12.1 Å². The summed E-state index contributed by atoms with van der Waals surface area (Å²) in [6, 6.07) is 7.12. The molecule has 0 radical (unpaired) electrons. The lowest BCUT2D eigenvalue weighted by Crippen LogP contribution is -2.13. The van der Waals surface area contributed by atoms with Crippen LogP contribution in [0.1, 0.15) is 15.9 Å². The van der Waals surface area contributed by atoms with E-state index in [1.165, 1.54) is 24.3 Å². The molecule has 10 heteroatoms. The van der Waals surface area contributed by atoms with Crippen LogP contribution in [0.25, 0.3) is 0 Å². The van der Waals surface area contributed by atoms with Crippen molar-refractivity contribution in [1.29, 1.82) is 0 Å². The van der Waals surface area contributed by atoms with Gasteiger partial charge in [0, 0.05) is 11.8 Å². The van der Waals surface area contributed by atoms with Gasteiger partial charge in [-0.15, -0.1) is 0 Å². The summed E-state index contributed by atoms with van der Waals surface area (Å²) in [5.41, 5.74) is 0.389. The second-order valence-electron chi connectivity index (χ2n) is 5.03. The molecule has 0 aliphatic heterocycles. The number of rotatable bonds is 5. The minimum Gasteiger partial charge on any atom is -0.507 e. The van der Waals surface area contributed by atoms with Crippen LogP contribution in [0.5, 0.6) is 11.5 Å². The Morgan fingerprint density at radius 1 is 1.00 bits per heavy atom. The van der Waals surface area contributed by atoms with E-state index in [0.29, 0.717) is 17.7 Å². The second-order valence-corrected chi connectivity index (χ2v) is 6.42. The quantitative estimate of drug-likeness (QED) is 0.389. The fourth-order valence-electron chi connectivity index (χ4n) is 2.03. The third-order valence-corrected chi connectivity index (χ3v) is 4.05. The molecule has 1 amide bonds. The smallest absolute Gasteiger partial charge is 0.307 e. The van der Waals surface area contributed by atoms with Crippen molar-refractivity contribution in [2.45, 2.75) is 11.3 Å². The summed E-state index contributed by atoms with van der Waals surface area (Å²) >= 11 is 0. The van der Waals surface area contributed by atoms with Crippen molar-refractivity contribution in [3.63, 3.8) is 0 Å². The highest BCUT2D eigenvalue weighted by molar-refractivity contribution is 7.86. The van der Waals surface area contributed by atoms with Crippen molar-refractivity contribution < 1.29 is 37.9 Å². The maximum atomic E-state index is 12.1. The zero-order valence-electron chi connectivity index (χ0n) is 12.5. The Labute approximate surface area is 141 Å². The van der Waals surface area contributed by atoms with Crippen molar-refractivity contribution in [3.8, 4) is 11.5 Å². The first-order chi connectivity index (χ1) is 11.6. The average Bonchev–Trinajstić information content (AvgIpc) is 2.49. The highest BCUT2D eigenvalue weighted by atomic mass is 32.2. The molecule has 0 bridgehead atoms. The number of carboxylic acid groups (broad SMARTS) is 1. The number of amides is 1. The van der Waals surface area contributed by atoms with Gasteiger partial charge in [0.1, 0.15) is 16.4 Å². The van der Waals surface area contributed by atoms with E-state index in [1.807, 2.05) is 0 Å². The van der Waals surface area contributed by atoms with Crippen molar-refractivity contribution in [1.82, 2.24) is 0 Å². The summed E-state index contributed by atoms with van der Waals surface area (Å²) in [7, 11) is -4.76. The summed E-state index contributed by atoms with van der Waals surface area (Å²) in [4.78, 5) is 21.8. The van der Waals surface area contributed by atoms with Gasteiger partial charge in [0.25, 0.3) is 16.0 Å². The Bertz CT molecular complexity index is 935. The molecule has 0 unspecified atom stereocenters. The number of carbonyl (C=O) groups is 2. The van der Waals surface area contributed by atoms with Gasteiger partial charge in [-0.25, -0.2) is 0 Å². The molecule has 5 N–H and O–H groups in total. The van der Waals surface area contributed by atoms with Crippen LogP contribution in [-0.4, -0.2) is 40.2 Å². The number of aliphatic carboxylic acids is 1. The van der Waals surface area contributed by atoms with Crippen LogP contribution in [0.2, 0.25) is 0 Å². The largest absolute Gasteiger partial charge is 0.507 e. The average molecular weight is 367 g/mol. The fourth-order valence-corrected chi connectivity index (χ4v) is 2.61. The molecule has 0 fully saturated rings. The summed E-state index contributed by atoms with van der Waals surface area (Å²) in [5.74, 6) is -3.51. The van der Waals surface area contributed by atoms with E-state index in [4.69, 9.17) is 9.66 Å².